The number of nitrogens with zero attached hydrogens (tertiary/aromatic N) is 1. The maximum Gasteiger partial charge on any atom is 0.222 e. The van der Waals surface area contributed by atoms with Crippen molar-refractivity contribution in [1.29, 1.82) is 0 Å². The van der Waals surface area contributed by atoms with Gasteiger partial charge < -0.3 is 4.90 Å². The maximum absolute atomic E-state index is 11.8. The number of carbonyl (C=O) groups excluding carboxylic acids is 1. The van der Waals surface area contributed by atoms with Crippen LogP contribution in [0.15, 0.2) is 0 Å². The highest BCUT2D eigenvalue weighted by Gasteiger charge is 2.29. The molecular formula is C12H22ClNO. The van der Waals surface area contributed by atoms with Gasteiger partial charge in [0.15, 0.2) is 0 Å². The van der Waals surface area contributed by atoms with Crippen molar-refractivity contribution in [3.63, 3.8) is 0 Å². The molecule has 0 bridgehead atoms. The number of amides is 1. The lowest BCUT2D eigenvalue weighted by Crippen LogP contribution is -2.38. The average molecular weight is 232 g/mol. The third kappa shape index (κ3) is 4.02. The molecule has 15 heavy (non-hydrogen) atoms. The molecule has 1 saturated carbocycles. The molecule has 0 spiro atoms. The zero-order valence-corrected chi connectivity index (χ0v) is 10.8. The molecule has 1 unspecified atom stereocenters. The van der Waals surface area contributed by atoms with Crippen molar-refractivity contribution in [2.45, 2.75) is 44.9 Å². The van der Waals surface area contributed by atoms with Gasteiger partial charge in [0.1, 0.15) is 0 Å². The lowest BCUT2D eigenvalue weighted by atomic mass is 9.84. The Morgan fingerprint density at radius 3 is 2.60 bits per heavy atom. The van der Waals surface area contributed by atoms with Crippen LogP contribution in [0.5, 0.6) is 0 Å². The summed E-state index contributed by atoms with van der Waals surface area (Å²) in [6.45, 7) is 5.14. The Balaban J connectivity index is 2.21. The van der Waals surface area contributed by atoms with Crippen LogP contribution in [0.1, 0.15) is 39.5 Å². The van der Waals surface area contributed by atoms with Crippen molar-refractivity contribution in [3.05, 3.63) is 0 Å². The summed E-state index contributed by atoms with van der Waals surface area (Å²) in [5, 5.41) is 0.355. The van der Waals surface area contributed by atoms with Crippen LogP contribution in [0.4, 0.5) is 0 Å². The fourth-order valence-electron chi connectivity index (χ4n) is 1.89. The Labute approximate surface area is 98.0 Å². The van der Waals surface area contributed by atoms with Crippen LogP contribution in [0.25, 0.3) is 0 Å². The summed E-state index contributed by atoms with van der Waals surface area (Å²) in [7, 11) is 1.91. The Morgan fingerprint density at radius 1 is 1.53 bits per heavy atom. The summed E-state index contributed by atoms with van der Waals surface area (Å²) in [4.78, 5) is 13.6. The van der Waals surface area contributed by atoms with Gasteiger partial charge in [-0.2, -0.15) is 0 Å². The van der Waals surface area contributed by atoms with E-state index in [1.807, 2.05) is 11.9 Å². The third-order valence-corrected chi connectivity index (χ3v) is 3.71. The highest BCUT2D eigenvalue weighted by atomic mass is 35.5. The third-order valence-electron chi connectivity index (χ3n) is 3.36. The summed E-state index contributed by atoms with van der Waals surface area (Å²) in [6.07, 6.45) is 3.90. The predicted octanol–water partition coefficient (Wildman–Crippen LogP) is 2.90. The van der Waals surface area contributed by atoms with Crippen molar-refractivity contribution in [2.24, 2.45) is 11.8 Å². The van der Waals surface area contributed by atoms with E-state index in [1.54, 1.807) is 0 Å². The van der Waals surface area contributed by atoms with Crippen LogP contribution in [-0.4, -0.2) is 29.8 Å². The summed E-state index contributed by atoms with van der Waals surface area (Å²) in [6, 6.07) is 0. The highest BCUT2D eigenvalue weighted by Crippen LogP contribution is 2.32. The van der Waals surface area contributed by atoms with Gasteiger partial charge in [0.2, 0.25) is 5.91 Å². The number of halogens is 1. The summed E-state index contributed by atoms with van der Waals surface area (Å²) >= 11 is 5.91. The van der Waals surface area contributed by atoms with E-state index in [0.717, 1.165) is 25.8 Å². The minimum atomic E-state index is 0.280. The standard InChI is InChI=1S/C12H22ClNO/c1-4-9(2)5-12(15)14(3)8-10-6-11(13)7-10/h9-11H,4-8H2,1-3H3. The molecule has 2 nitrogen and oxygen atoms in total. The van der Waals surface area contributed by atoms with Gasteiger partial charge in [-0.1, -0.05) is 20.3 Å². The van der Waals surface area contributed by atoms with E-state index in [0.29, 0.717) is 23.6 Å². The molecule has 1 amide bonds. The van der Waals surface area contributed by atoms with E-state index in [2.05, 4.69) is 13.8 Å². The molecule has 1 atom stereocenters. The zero-order valence-electron chi connectivity index (χ0n) is 10.0. The minimum Gasteiger partial charge on any atom is -0.345 e. The lowest BCUT2D eigenvalue weighted by molar-refractivity contribution is -0.131. The minimum absolute atomic E-state index is 0.280. The second-order valence-corrected chi connectivity index (χ2v) is 5.54. The predicted molar refractivity (Wildman–Crippen MR) is 64.1 cm³/mol. The molecular weight excluding hydrogens is 210 g/mol. The molecule has 0 N–H and O–H groups in total. The first kappa shape index (κ1) is 12.8. The van der Waals surface area contributed by atoms with Gasteiger partial charge in [-0.15, -0.1) is 11.6 Å². The number of hydrogen-bond donors (Lipinski definition) is 0. The Morgan fingerprint density at radius 2 is 2.13 bits per heavy atom. The van der Waals surface area contributed by atoms with E-state index in [-0.39, 0.29) is 5.91 Å². The highest BCUT2D eigenvalue weighted by molar-refractivity contribution is 6.21. The molecule has 88 valence electrons. The molecule has 0 heterocycles. The lowest BCUT2D eigenvalue weighted by Gasteiger charge is -2.34. The summed E-state index contributed by atoms with van der Waals surface area (Å²) in [5.41, 5.74) is 0. The molecule has 0 aromatic heterocycles. The molecule has 0 aromatic rings. The normalized spacial score (nSPS) is 26.9. The van der Waals surface area contributed by atoms with Crippen LogP contribution in [-0.2, 0) is 4.79 Å². The second-order valence-electron chi connectivity index (χ2n) is 4.93. The van der Waals surface area contributed by atoms with Gasteiger partial charge in [-0.25, -0.2) is 0 Å². The fourth-order valence-corrected chi connectivity index (χ4v) is 2.39. The monoisotopic (exact) mass is 231 g/mol. The molecule has 1 aliphatic rings. The van der Waals surface area contributed by atoms with Crippen LogP contribution in [0.2, 0.25) is 0 Å². The van der Waals surface area contributed by atoms with Crippen LogP contribution < -0.4 is 0 Å². The van der Waals surface area contributed by atoms with E-state index in [4.69, 9.17) is 11.6 Å². The Kier molecular flexibility index (Phi) is 4.91. The van der Waals surface area contributed by atoms with E-state index in [1.165, 1.54) is 0 Å². The first-order chi connectivity index (χ1) is 7.02. The molecule has 0 saturated heterocycles. The molecule has 1 fully saturated rings. The number of alkyl halides is 1. The van der Waals surface area contributed by atoms with Crippen LogP contribution in [0.3, 0.4) is 0 Å². The van der Waals surface area contributed by atoms with Crippen molar-refractivity contribution in [2.75, 3.05) is 13.6 Å². The van der Waals surface area contributed by atoms with Gasteiger partial charge in [-0.05, 0) is 24.7 Å². The van der Waals surface area contributed by atoms with E-state index < -0.39 is 0 Å². The first-order valence-corrected chi connectivity index (χ1v) is 6.34. The van der Waals surface area contributed by atoms with Gasteiger partial charge in [0.05, 0.1) is 0 Å². The Hall–Kier alpha value is -0.240. The van der Waals surface area contributed by atoms with Crippen LogP contribution >= 0.6 is 11.6 Å². The van der Waals surface area contributed by atoms with Gasteiger partial charge in [0.25, 0.3) is 0 Å². The number of hydrogen-bond acceptors (Lipinski definition) is 1. The number of rotatable bonds is 5. The molecule has 0 radical (unpaired) electrons. The van der Waals surface area contributed by atoms with Gasteiger partial charge in [-0.3, -0.25) is 4.79 Å². The molecule has 1 rings (SSSR count). The van der Waals surface area contributed by atoms with Gasteiger partial charge in [0, 0.05) is 25.4 Å². The fraction of sp³-hybridized carbons (Fsp3) is 0.917. The van der Waals surface area contributed by atoms with E-state index in [9.17, 15) is 4.79 Å². The number of carbonyl (C=O) groups is 1. The van der Waals surface area contributed by atoms with Crippen molar-refractivity contribution < 1.29 is 4.79 Å². The summed E-state index contributed by atoms with van der Waals surface area (Å²) < 4.78 is 0. The molecule has 3 heteroatoms. The largest absolute Gasteiger partial charge is 0.345 e. The Bertz CT molecular complexity index is 214. The second kappa shape index (κ2) is 5.74. The molecule has 0 aliphatic heterocycles. The topological polar surface area (TPSA) is 20.3 Å². The van der Waals surface area contributed by atoms with Gasteiger partial charge >= 0.3 is 0 Å². The molecule has 1 aliphatic carbocycles. The summed E-state index contributed by atoms with van der Waals surface area (Å²) in [5.74, 6) is 1.42. The van der Waals surface area contributed by atoms with Crippen LogP contribution in [0, 0.1) is 11.8 Å². The maximum atomic E-state index is 11.8. The smallest absolute Gasteiger partial charge is 0.222 e. The zero-order chi connectivity index (χ0) is 11.4. The molecule has 0 aromatic carbocycles. The van der Waals surface area contributed by atoms with E-state index >= 15 is 0 Å². The van der Waals surface area contributed by atoms with Crippen molar-refractivity contribution in [3.8, 4) is 0 Å². The SMILES string of the molecule is CCC(C)CC(=O)N(C)CC1CC(Cl)C1. The average Bonchev–Trinajstić information content (AvgIpc) is 2.15. The van der Waals surface area contributed by atoms with Crippen molar-refractivity contribution >= 4 is 17.5 Å². The van der Waals surface area contributed by atoms with Crippen molar-refractivity contribution in [1.82, 2.24) is 4.90 Å². The quantitative estimate of drug-likeness (QED) is 0.667. The first-order valence-electron chi connectivity index (χ1n) is 5.91.